The summed E-state index contributed by atoms with van der Waals surface area (Å²) in [4.78, 5) is 2.37. The molecule has 0 aromatic heterocycles. The van der Waals surface area contributed by atoms with Gasteiger partial charge in [-0.15, -0.1) is 0 Å². The van der Waals surface area contributed by atoms with E-state index in [1.807, 2.05) is 24.3 Å². The van der Waals surface area contributed by atoms with E-state index in [0.717, 1.165) is 39.3 Å². The van der Waals surface area contributed by atoms with Gasteiger partial charge >= 0.3 is 0 Å². The van der Waals surface area contributed by atoms with Gasteiger partial charge in [0.25, 0.3) is 0 Å². The quantitative estimate of drug-likeness (QED) is 0.0911. The van der Waals surface area contributed by atoms with Gasteiger partial charge in [0.1, 0.15) is 42.0 Å². The number of nitrogens with one attached hydrogen (secondary N) is 1. The van der Waals surface area contributed by atoms with E-state index in [2.05, 4.69) is 10.1 Å². The Hall–Kier alpha value is -4.22. The van der Waals surface area contributed by atoms with Gasteiger partial charge in [-0.25, -0.2) is 4.39 Å². The zero-order valence-electron chi connectivity index (χ0n) is 24.8. The molecule has 1 aliphatic heterocycles. The Morgan fingerprint density at radius 3 is 2.56 bits per heavy atom. The van der Waals surface area contributed by atoms with E-state index >= 15 is 4.39 Å². The molecule has 0 amide bonds. The van der Waals surface area contributed by atoms with Crippen molar-refractivity contribution in [3.8, 4) is 28.4 Å². The Morgan fingerprint density at radius 2 is 1.78 bits per heavy atom. The predicted molar refractivity (Wildman–Crippen MR) is 173 cm³/mol. The molecule has 11 heteroatoms. The smallest absolute Gasteiger partial charge is 0.142 e. The SMILES string of the molecule is N=C1C=C(COc2cc(OCc3cccc(-c4cccc(OCCCN5CCOCC5)c4)c3F)c(Cl)cc2CN)C=C/C1=N/O. The third-order valence-corrected chi connectivity index (χ3v) is 7.79. The summed E-state index contributed by atoms with van der Waals surface area (Å²) in [6, 6.07) is 15.9. The van der Waals surface area contributed by atoms with Gasteiger partial charge in [-0.2, -0.15) is 0 Å². The molecular formula is C34H36ClFN4O5. The molecule has 2 aliphatic rings. The third-order valence-electron chi connectivity index (χ3n) is 7.50. The van der Waals surface area contributed by atoms with Crippen LogP contribution in [0, 0.1) is 11.2 Å². The average Bonchev–Trinajstić information content (AvgIpc) is 3.06. The highest BCUT2D eigenvalue weighted by Crippen LogP contribution is 2.35. The lowest BCUT2D eigenvalue weighted by Gasteiger charge is -2.26. The van der Waals surface area contributed by atoms with Crippen molar-refractivity contribution in [2.24, 2.45) is 10.9 Å². The number of allylic oxidation sites excluding steroid dienone is 2. The molecule has 3 aromatic rings. The minimum absolute atomic E-state index is 0.0626. The molecule has 0 bridgehead atoms. The number of nitrogens with two attached hydrogens (primary N) is 1. The second-order valence-corrected chi connectivity index (χ2v) is 11.0. The molecule has 1 fully saturated rings. The zero-order valence-corrected chi connectivity index (χ0v) is 25.6. The molecule has 0 spiro atoms. The number of hydrogen-bond donors (Lipinski definition) is 3. The first-order valence-electron chi connectivity index (χ1n) is 14.7. The number of morpholine rings is 1. The van der Waals surface area contributed by atoms with Crippen molar-refractivity contribution in [2.75, 3.05) is 46.1 Å². The number of hydrogen-bond acceptors (Lipinski definition) is 9. The highest BCUT2D eigenvalue weighted by molar-refractivity contribution is 6.50. The fraction of sp³-hybridized carbons (Fsp3) is 0.294. The van der Waals surface area contributed by atoms with Gasteiger partial charge in [0, 0.05) is 48.9 Å². The van der Waals surface area contributed by atoms with Crippen LogP contribution >= 0.6 is 11.6 Å². The Balaban J connectivity index is 1.22. The van der Waals surface area contributed by atoms with Gasteiger partial charge in [0.2, 0.25) is 0 Å². The number of halogens is 2. The minimum Gasteiger partial charge on any atom is -0.494 e. The average molecular weight is 635 g/mol. The van der Waals surface area contributed by atoms with Crippen molar-refractivity contribution in [2.45, 2.75) is 19.6 Å². The van der Waals surface area contributed by atoms with E-state index < -0.39 is 5.82 Å². The largest absolute Gasteiger partial charge is 0.494 e. The summed E-state index contributed by atoms with van der Waals surface area (Å²) < 4.78 is 39.1. The van der Waals surface area contributed by atoms with Crippen molar-refractivity contribution < 1.29 is 28.5 Å². The Morgan fingerprint density at radius 1 is 0.978 bits per heavy atom. The molecule has 0 radical (unpaired) electrons. The Kier molecular flexibility index (Phi) is 11.2. The van der Waals surface area contributed by atoms with Gasteiger partial charge in [-0.3, -0.25) is 10.3 Å². The first-order chi connectivity index (χ1) is 21.9. The van der Waals surface area contributed by atoms with E-state index in [1.165, 1.54) is 6.08 Å². The monoisotopic (exact) mass is 634 g/mol. The summed E-state index contributed by atoms with van der Waals surface area (Å²) in [5.74, 6) is 1.07. The first-order valence-corrected chi connectivity index (χ1v) is 15.1. The predicted octanol–water partition coefficient (Wildman–Crippen LogP) is 6.01. The molecule has 3 aromatic carbocycles. The number of nitrogens with zero attached hydrogens (tertiary/aromatic N) is 2. The van der Waals surface area contributed by atoms with Gasteiger partial charge < -0.3 is 29.9 Å². The van der Waals surface area contributed by atoms with Crippen LogP contribution in [-0.4, -0.2) is 67.6 Å². The summed E-state index contributed by atoms with van der Waals surface area (Å²) in [5, 5.41) is 20.3. The summed E-state index contributed by atoms with van der Waals surface area (Å²) in [5.41, 5.74) is 9.03. The second kappa shape index (κ2) is 15.7. The molecule has 4 N–H and O–H groups in total. The lowest BCUT2D eigenvalue weighted by Crippen LogP contribution is -2.37. The molecule has 1 aliphatic carbocycles. The maximum atomic E-state index is 15.8. The lowest BCUT2D eigenvalue weighted by molar-refractivity contribution is 0.0358. The van der Waals surface area contributed by atoms with Gasteiger partial charge in [0.15, 0.2) is 0 Å². The maximum absolute atomic E-state index is 15.8. The topological polar surface area (TPSA) is 123 Å². The van der Waals surface area contributed by atoms with Crippen LogP contribution in [0.15, 0.2) is 83.6 Å². The number of benzene rings is 3. The molecule has 1 saturated heterocycles. The summed E-state index contributed by atoms with van der Waals surface area (Å²) in [6.07, 6.45) is 5.68. The van der Waals surface area contributed by atoms with E-state index in [9.17, 15) is 0 Å². The number of ether oxygens (including phenoxy) is 4. The Bertz CT molecular complexity index is 1600. The second-order valence-electron chi connectivity index (χ2n) is 10.6. The van der Waals surface area contributed by atoms with E-state index in [1.54, 1.807) is 42.5 Å². The van der Waals surface area contributed by atoms with E-state index in [-0.39, 0.29) is 31.2 Å². The molecule has 45 heavy (non-hydrogen) atoms. The fourth-order valence-electron chi connectivity index (χ4n) is 5.03. The lowest BCUT2D eigenvalue weighted by atomic mass is 10.0. The van der Waals surface area contributed by atoms with Crippen LogP contribution in [0.25, 0.3) is 11.1 Å². The maximum Gasteiger partial charge on any atom is 0.142 e. The molecule has 9 nitrogen and oxygen atoms in total. The molecule has 1 heterocycles. The van der Waals surface area contributed by atoms with Crippen LogP contribution in [0.1, 0.15) is 17.5 Å². The highest BCUT2D eigenvalue weighted by Gasteiger charge is 2.16. The van der Waals surface area contributed by atoms with Crippen molar-refractivity contribution in [3.05, 3.63) is 100 Å². The van der Waals surface area contributed by atoms with Gasteiger partial charge in [0.05, 0.1) is 30.6 Å². The Labute approximate surface area is 266 Å². The summed E-state index contributed by atoms with van der Waals surface area (Å²) >= 11 is 6.49. The van der Waals surface area contributed by atoms with Crippen molar-refractivity contribution in [1.82, 2.24) is 4.90 Å². The molecule has 5 rings (SSSR count). The highest BCUT2D eigenvalue weighted by atomic mass is 35.5. The van der Waals surface area contributed by atoms with Gasteiger partial charge in [-0.05, 0) is 47.9 Å². The number of rotatable bonds is 13. The molecule has 0 saturated carbocycles. The zero-order chi connectivity index (χ0) is 31.6. The van der Waals surface area contributed by atoms with E-state index in [0.29, 0.717) is 56.7 Å². The third kappa shape index (κ3) is 8.49. The molecule has 236 valence electrons. The van der Waals surface area contributed by atoms with Crippen molar-refractivity contribution >= 4 is 23.0 Å². The normalized spacial score (nSPS) is 16.1. The summed E-state index contributed by atoms with van der Waals surface area (Å²) in [6.45, 7) is 5.22. The van der Waals surface area contributed by atoms with E-state index in [4.69, 9.17) is 46.9 Å². The molecular weight excluding hydrogens is 599 g/mol. The number of oxime groups is 1. The van der Waals surface area contributed by atoms with Crippen LogP contribution in [0.5, 0.6) is 17.2 Å². The van der Waals surface area contributed by atoms with Crippen LogP contribution in [0.2, 0.25) is 5.02 Å². The van der Waals surface area contributed by atoms with Crippen LogP contribution in [0.3, 0.4) is 0 Å². The van der Waals surface area contributed by atoms with Crippen LogP contribution in [0.4, 0.5) is 4.39 Å². The standard InChI is InChI=1S/C34H36ClFN4O5/c35-29-18-26(20-37)32(44-21-23-8-9-31(39-41)30(38)16-23)19-33(29)45-22-25-5-2-7-28(34(25)36)24-4-1-6-27(17-24)43-13-3-10-40-11-14-42-15-12-40/h1-2,4-9,16-19,38,41H,3,10-15,20-22,37H2/b38-30?,39-31-. The minimum atomic E-state index is -0.391. The first kappa shape index (κ1) is 32.2. The van der Waals surface area contributed by atoms with Gasteiger partial charge in [-0.1, -0.05) is 53.2 Å². The molecule has 0 atom stereocenters. The summed E-state index contributed by atoms with van der Waals surface area (Å²) in [7, 11) is 0. The van der Waals surface area contributed by atoms with Crippen LogP contribution in [-0.2, 0) is 17.9 Å². The molecule has 0 unspecified atom stereocenters. The van der Waals surface area contributed by atoms with Crippen LogP contribution < -0.4 is 19.9 Å². The fourth-order valence-corrected chi connectivity index (χ4v) is 5.27. The van der Waals surface area contributed by atoms with Crippen molar-refractivity contribution in [3.63, 3.8) is 0 Å². The van der Waals surface area contributed by atoms with Crippen molar-refractivity contribution in [1.29, 1.82) is 5.41 Å².